The number of aromatic nitrogens is 4. The minimum absolute atomic E-state index is 0. The maximum absolute atomic E-state index is 11.3. The molecule has 18 heteroatoms. The van der Waals surface area contributed by atoms with Gasteiger partial charge in [-0.15, -0.1) is 22.7 Å². The third kappa shape index (κ3) is 20.3. The Balaban J connectivity index is 0.000000449. The Bertz CT molecular complexity index is 1990. The summed E-state index contributed by atoms with van der Waals surface area (Å²) >= 11 is 3.70. The van der Waals surface area contributed by atoms with Crippen LogP contribution >= 0.6 is 22.7 Å². The summed E-state index contributed by atoms with van der Waals surface area (Å²) in [5.41, 5.74) is 7.72. The van der Waals surface area contributed by atoms with E-state index in [0.29, 0.717) is 36.8 Å². The Morgan fingerprint density at radius 3 is 1.46 bits per heavy atom. The average Bonchev–Trinajstić information content (AvgIpc) is 4.00. The fourth-order valence-corrected chi connectivity index (χ4v) is 10.5. The van der Waals surface area contributed by atoms with Gasteiger partial charge in [0, 0.05) is 48.7 Å². The second-order valence-corrected chi connectivity index (χ2v) is 18.8. The number of Topliss-reactive ketones (excluding diaryl/α,β-unsaturated/α-hetero) is 1. The number of aliphatic carboxylic acids is 1. The molecule has 4 aromatic heterocycles. The van der Waals surface area contributed by atoms with Gasteiger partial charge in [0.05, 0.1) is 10.8 Å². The fourth-order valence-electron chi connectivity index (χ4n) is 8.04. The second kappa shape index (κ2) is 30.9. The first-order valence-electron chi connectivity index (χ1n) is 21.7. The van der Waals surface area contributed by atoms with Gasteiger partial charge in [-0.25, -0.2) is 19.9 Å². The van der Waals surface area contributed by atoms with E-state index in [-0.39, 0.29) is 40.9 Å². The van der Waals surface area contributed by atoms with E-state index in [1.807, 2.05) is 43.3 Å². The minimum Gasteiger partial charge on any atom is -0.481 e. The molecule has 0 atom stereocenters. The molecule has 63 heavy (non-hydrogen) atoms. The number of nitrogens with one attached hydrogen (secondary N) is 2. The molecule has 0 spiro atoms. The van der Waals surface area contributed by atoms with Crippen LogP contribution in [-0.4, -0.2) is 92.6 Å². The molecule has 0 saturated heterocycles. The van der Waals surface area contributed by atoms with Crippen molar-refractivity contribution in [3.05, 3.63) is 33.5 Å². The molecule has 0 amide bonds. The first-order chi connectivity index (χ1) is 29.6. The Labute approximate surface area is 404 Å². The Kier molecular flexibility index (Phi) is 28.3. The van der Waals surface area contributed by atoms with Gasteiger partial charge < -0.3 is 41.0 Å². The monoisotopic (exact) mass is 917 g/mol. The first kappa shape index (κ1) is 57.8. The summed E-state index contributed by atoms with van der Waals surface area (Å²) in [6.45, 7) is 14.4. The Morgan fingerprint density at radius 2 is 1.11 bits per heavy atom. The number of carbonyl (C=O) groups is 5. The van der Waals surface area contributed by atoms with Crippen molar-refractivity contribution in [1.82, 2.24) is 19.9 Å². The van der Waals surface area contributed by atoms with Crippen molar-refractivity contribution in [2.45, 2.75) is 163 Å². The molecule has 2 saturated carbocycles. The van der Waals surface area contributed by atoms with Gasteiger partial charge in [-0.1, -0.05) is 52.9 Å². The van der Waals surface area contributed by atoms with E-state index in [4.69, 9.17) is 25.5 Å². The number of hydrogen-bond donors (Lipinski definition) is 5. The first-order valence-corrected chi connectivity index (χ1v) is 23.3. The van der Waals surface area contributed by atoms with E-state index in [1.54, 1.807) is 17.5 Å². The van der Waals surface area contributed by atoms with Crippen molar-refractivity contribution < 1.29 is 63.7 Å². The van der Waals surface area contributed by atoms with Crippen LogP contribution in [0, 0.1) is 11.8 Å². The van der Waals surface area contributed by atoms with E-state index in [2.05, 4.69) is 44.4 Å². The van der Waals surface area contributed by atoms with Crippen LogP contribution in [0.15, 0.2) is 12.7 Å². The van der Waals surface area contributed by atoms with Gasteiger partial charge in [0.2, 0.25) is 0 Å². The number of nitrogens with two attached hydrogens (primary N) is 1. The van der Waals surface area contributed by atoms with Crippen molar-refractivity contribution in [2.75, 3.05) is 17.7 Å². The normalized spacial score (nSPS) is 17.1. The van der Waals surface area contributed by atoms with E-state index in [0.717, 1.165) is 68.9 Å². The molecular formula is C45H69BN7NaO7S2. The fraction of sp³-hybridized carbons (Fsp3) is 0.622. The number of carbonyl (C=O) groups excluding carboxylic acids is 4. The summed E-state index contributed by atoms with van der Waals surface area (Å²) in [5, 5.41) is 24.3. The molecule has 4 aromatic rings. The smallest absolute Gasteiger partial charge is 0.481 e. The molecule has 8 rings (SSSR count). The number of anilines is 2. The van der Waals surface area contributed by atoms with Crippen molar-refractivity contribution in [3.8, 4) is 0 Å². The van der Waals surface area contributed by atoms with E-state index < -0.39 is 5.97 Å². The van der Waals surface area contributed by atoms with Gasteiger partial charge in [0.15, 0.2) is 0 Å². The average molecular weight is 918 g/mol. The predicted octanol–water partition coefficient (Wildman–Crippen LogP) is 4.96. The van der Waals surface area contributed by atoms with E-state index >= 15 is 0 Å². The topological polar surface area (TPSA) is 227 Å². The second-order valence-electron chi connectivity index (χ2n) is 16.6. The predicted molar refractivity (Wildman–Crippen MR) is 254 cm³/mol. The maximum atomic E-state index is 11.3. The number of nitrogens with zero attached hydrogens (tertiary/aromatic N) is 4. The van der Waals surface area contributed by atoms with E-state index in [1.165, 1.54) is 110 Å². The third-order valence-corrected chi connectivity index (χ3v) is 12.7. The van der Waals surface area contributed by atoms with Gasteiger partial charge in [0.1, 0.15) is 46.5 Å². The quantitative estimate of drug-likeness (QED) is 0.147. The van der Waals surface area contributed by atoms with Crippen LogP contribution in [-0.2, 0) is 49.7 Å². The largest absolute Gasteiger partial charge is 1.00 e. The molecule has 4 aliphatic carbocycles. The molecule has 2 radical (unpaired) electrons. The zero-order chi connectivity index (χ0) is 46.4. The summed E-state index contributed by atoms with van der Waals surface area (Å²) < 4.78 is 0. The summed E-state index contributed by atoms with van der Waals surface area (Å²) in [6.07, 6.45) is 20.7. The number of fused-ring (bicyclic) bond motifs is 6. The number of aliphatic hydroxyl groups excluding tert-OH is 1. The van der Waals surface area contributed by atoms with Gasteiger partial charge in [-0.3, -0.25) is 9.59 Å². The summed E-state index contributed by atoms with van der Waals surface area (Å²) in [6, 6.07) is 1.30. The SMILES string of the molecule is C=O.CC(=O)O.CC(=O)[B-]C(C)=O.CC(C)CC1CCC(Nc2ncnc3sc4c(c23)CCC4)CC1.CC(C)N.CO.O=C1CCC(Nc2ncnc3sc4c(c23)CCC4)CC1.[Na+]. The molecule has 342 valence electrons. The van der Waals surface area contributed by atoms with Crippen LogP contribution in [0.25, 0.3) is 20.4 Å². The molecular weight excluding hydrogens is 848 g/mol. The summed E-state index contributed by atoms with van der Waals surface area (Å²) in [5.74, 6) is 3.41. The molecule has 0 aromatic carbocycles. The molecule has 2 fully saturated rings. The number of aryl methyl sites for hydroxylation is 4. The molecule has 0 aliphatic heterocycles. The molecule has 4 aliphatic rings. The van der Waals surface area contributed by atoms with Crippen LogP contribution in [0.5, 0.6) is 0 Å². The van der Waals surface area contributed by atoms with Crippen LogP contribution in [0.2, 0.25) is 0 Å². The van der Waals surface area contributed by atoms with Gasteiger partial charge in [-0.05, 0) is 112 Å². The van der Waals surface area contributed by atoms with Gasteiger partial charge in [-0.2, -0.15) is 7.28 Å². The van der Waals surface area contributed by atoms with Crippen LogP contribution in [0.4, 0.5) is 11.6 Å². The number of rotatable bonds is 8. The Morgan fingerprint density at radius 1 is 0.730 bits per heavy atom. The van der Waals surface area contributed by atoms with Crippen molar-refractivity contribution >= 4 is 91.9 Å². The number of carboxylic acid groups (broad SMARTS) is 1. The van der Waals surface area contributed by atoms with Gasteiger partial charge in [0.25, 0.3) is 5.97 Å². The standard InChI is InChI=1S/C19H27N3S.C15H17N3OS.C4H6BO2.C3H9N.C2H4O2.CH4O.CH2O.Na/c1-12(2)10-13-6-8-14(9-7-13)22-18-17-15-4-3-5-16(15)23-19(17)21-11-20-18;19-10-6-4-9(5-7-10)18-14-13-11-2-1-3-12(11)20-15(13)17-8-16-14;1-3(6)5-4(2)7;1-3(2)4;1-2(3)4;2*1-2;/h11-14H,3-10H2,1-2H3,(H,20,21,22);8-9H,1-7H2,(H,16,17,18);1-2H3;3H,4H2,1-2H3;1H3,(H,3,4);2H,1H3;1H2;/q;;-1;;;;;+1. The number of carboxylic acids is 1. The van der Waals surface area contributed by atoms with Crippen LogP contribution in [0.3, 0.4) is 0 Å². The molecule has 4 heterocycles. The van der Waals surface area contributed by atoms with Crippen molar-refractivity contribution in [3.63, 3.8) is 0 Å². The van der Waals surface area contributed by atoms with Crippen molar-refractivity contribution in [1.29, 1.82) is 0 Å². The maximum Gasteiger partial charge on any atom is 1.00 e. The number of aliphatic hydroxyl groups is 1. The summed E-state index contributed by atoms with van der Waals surface area (Å²) in [4.78, 5) is 71.6. The number of thiophene rings is 2. The third-order valence-electron chi connectivity index (χ3n) is 10.3. The molecule has 0 unspecified atom stereocenters. The van der Waals surface area contributed by atoms with Crippen molar-refractivity contribution in [2.24, 2.45) is 17.6 Å². The Hall–Kier alpha value is -3.19. The zero-order valence-corrected chi connectivity index (χ0v) is 42.7. The number of hydrogen-bond acceptors (Lipinski definition) is 15. The molecule has 14 nitrogen and oxygen atoms in total. The molecule has 0 bridgehead atoms. The van der Waals surface area contributed by atoms with E-state index in [9.17, 15) is 14.4 Å². The van der Waals surface area contributed by atoms with Gasteiger partial charge >= 0.3 is 29.6 Å². The van der Waals surface area contributed by atoms with Crippen LogP contribution in [0.1, 0.15) is 140 Å². The number of ketones is 1. The summed E-state index contributed by atoms with van der Waals surface area (Å²) in [7, 11) is 2.06. The molecule has 6 N–H and O–H groups in total. The zero-order valence-electron chi connectivity index (χ0n) is 39.1. The minimum atomic E-state index is -0.833. The van der Waals surface area contributed by atoms with Crippen LogP contribution < -0.4 is 45.9 Å².